The van der Waals surface area contributed by atoms with Crippen molar-refractivity contribution < 1.29 is 18.3 Å². The van der Waals surface area contributed by atoms with Crippen LogP contribution in [0.5, 0.6) is 5.75 Å². The number of likely N-dealkylation sites (N-methyl/N-ethyl adjacent to an activating group) is 1. The van der Waals surface area contributed by atoms with Crippen molar-refractivity contribution in [3.05, 3.63) is 57.1 Å². The summed E-state index contributed by atoms with van der Waals surface area (Å²) in [6, 6.07) is 8.75. The molecule has 2 heterocycles. The summed E-state index contributed by atoms with van der Waals surface area (Å²) in [6.45, 7) is 3.99. The molecule has 1 aliphatic heterocycles. The number of benzene rings is 1. The molecule has 10 heteroatoms. The Labute approximate surface area is 198 Å². The highest BCUT2D eigenvalue weighted by molar-refractivity contribution is 8.26. The molecule has 2 aromatic rings. The quantitative estimate of drug-likeness (QED) is 0.279. The van der Waals surface area contributed by atoms with E-state index in [1.165, 1.54) is 36.7 Å². The molecule has 1 aromatic heterocycles. The molecule has 1 aliphatic rings. The SMILES string of the molecule is CCN1C(=O)C(=Cc2ccc(OC)c(CSc3nc(C(F)F)cc(C)c3C#N)c2)SC1=S. The van der Waals surface area contributed by atoms with E-state index in [-0.39, 0.29) is 22.2 Å². The third kappa shape index (κ3) is 5.11. The minimum Gasteiger partial charge on any atom is -0.496 e. The lowest BCUT2D eigenvalue weighted by atomic mass is 10.1. The molecule has 32 heavy (non-hydrogen) atoms. The van der Waals surface area contributed by atoms with Crippen LogP contribution < -0.4 is 4.74 Å². The zero-order valence-electron chi connectivity index (χ0n) is 17.5. The second-order valence-corrected chi connectivity index (χ2v) is 9.38. The first-order valence-corrected chi connectivity index (χ1v) is 11.7. The summed E-state index contributed by atoms with van der Waals surface area (Å²) >= 11 is 7.69. The van der Waals surface area contributed by atoms with Gasteiger partial charge in [0.15, 0.2) is 0 Å². The van der Waals surface area contributed by atoms with Gasteiger partial charge >= 0.3 is 0 Å². The maximum atomic E-state index is 13.2. The lowest BCUT2D eigenvalue weighted by molar-refractivity contribution is -0.121. The van der Waals surface area contributed by atoms with Gasteiger partial charge in [0.25, 0.3) is 12.3 Å². The molecule has 1 fully saturated rings. The monoisotopic (exact) mass is 491 g/mol. The van der Waals surface area contributed by atoms with E-state index >= 15 is 0 Å². The van der Waals surface area contributed by atoms with Crippen LogP contribution in [-0.4, -0.2) is 33.8 Å². The number of hydrogen-bond donors (Lipinski definition) is 0. The van der Waals surface area contributed by atoms with Crippen molar-refractivity contribution in [2.45, 2.75) is 31.1 Å². The number of pyridine rings is 1. The smallest absolute Gasteiger partial charge is 0.280 e. The zero-order valence-corrected chi connectivity index (χ0v) is 20.0. The van der Waals surface area contributed by atoms with Crippen LogP contribution in [0.3, 0.4) is 0 Å². The Balaban J connectivity index is 1.90. The van der Waals surface area contributed by atoms with Crippen molar-refractivity contribution in [1.29, 1.82) is 5.26 Å². The Kier molecular flexibility index (Phi) is 7.87. The maximum absolute atomic E-state index is 13.2. The Morgan fingerprint density at radius 1 is 1.41 bits per heavy atom. The van der Waals surface area contributed by atoms with Crippen molar-refractivity contribution in [2.75, 3.05) is 13.7 Å². The molecule has 5 nitrogen and oxygen atoms in total. The fourth-order valence-electron chi connectivity index (χ4n) is 3.09. The fraction of sp³-hybridized carbons (Fsp3) is 0.273. The van der Waals surface area contributed by atoms with Crippen LogP contribution in [0.25, 0.3) is 6.08 Å². The summed E-state index contributed by atoms with van der Waals surface area (Å²) in [5.41, 5.74) is 1.94. The third-order valence-electron chi connectivity index (χ3n) is 4.70. The zero-order chi connectivity index (χ0) is 23.4. The molecule has 0 saturated carbocycles. The van der Waals surface area contributed by atoms with Gasteiger partial charge in [0.1, 0.15) is 26.9 Å². The molecule has 1 aromatic carbocycles. The van der Waals surface area contributed by atoms with Crippen LogP contribution in [0.4, 0.5) is 8.78 Å². The first kappa shape index (κ1) is 24.2. The van der Waals surface area contributed by atoms with Gasteiger partial charge in [-0.15, -0.1) is 11.8 Å². The Hall–Kier alpha value is -2.48. The van der Waals surface area contributed by atoms with Gasteiger partial charge in [0, 0.05) is 17.9 Å². The summed E-state index contributed by atoms with van der Waals surface area (Å²) in [5, 5.41) is 9.70. The Morgan fingerprint density at radius 2 is 2.16 bits per heavy atom. The molecule has 0 spiro atoms. The van der Waals surface area contributed by atoms with Crippen LogP contribution >= 0.6 is 35.7 Å². The van der Waals surface area contributed by atoms with Gasteiger partial charge in [-0.25, -0.2) is 13.8 Å². The Morgan fingerprint density at radius 3 is 2.75 bits per heavy atom. The number of thioether (sulfide) groups is 2. The van der Waals surface area contributed by atoms with Crippen LogP contribution in [0, 0.1) is 18.3 Å². The number of nitriles is 1. The average Bonchev–Trinajstić information content (AvgIpc) is 3.03. The number of ether oxygens (including phenoxy) is 1. The predicted octanol–water partition coefficient (Wildman–Crippen LogP) is 5.72. The lowest BCUT2D eigenvalue weighted by Crippen LogP contribution is -2.27. The van der Waals surface area contributed by atoms with E-state index in [2.05, 4.69) is 4.98 Å². The van der Waals surface area contributed by atoms with Crippen LogP contribution in [0.2, 0.25) is 0 Å². The van der Waals surface area contributed by atoms with E-state index in [1.54, 1.807) is 24.0 Å². The standard InChI is InChI=1S/C22H19F2N3O2S3/c1-4-27-21(28)18(32-22(27)30)9-13-5-6-17(29-3)14(8-13)11-31-20-15(10-25)12(2)7-16(26-20)19(23)24/h5-9,19H,4,11H2,1-3H3. The van der Waals surface area contributed by atoms with E-state index in [0.717, 1.165) is 11.1 Å². The summed E-state index contributed by atoms with van der Waals surface area (Å²) in [6.07, 6.45) is -0.955. The molecule has 1 saturated heterocycles. The molecule has 0 aliphatic carbocycles. The number of nitrogens with zero attached hydrogens (tertiary/aromatic N) is 3. The van der Waals surface area contributed by atoms with Gasteiger partial charge in [-0.3, -0.25) is 9.69 Å². The molecule has 0 radical (unpaired) electrons. The second kappa shape index (κ2) is 10.4. The van der Waals surface area contributed by atoms with Gasteiger partial charge in [0.05, 0.1) is 17.6 Å². The number of thiocarbonyl (C=S) groups is 1. The van der Waals surface area contributed by atoms with Crippen LogP contribution in [-0.2, 0) is 10.5 Å². The van der Waals surface area contributed by atoms with Crippen LogP contribution in [0.1, 0.15) is 41.3 Å². The minimum atomic E-state index is -2.72. The van der Waals surface area contributed by atoms with E-state index in [1.807, 2.05) is 25.1 Å². The Bertz CT molecular complexity index is 1150. The largest absolute Gasteiger partial charge is 0.496 e. The second-order valence-electron chi connectivity index (χ2n) is 6.74. The first-order chi connectivity index (χ1) is 15.3. The molecule has 0 atom stereocenters. The van der Waals surface area contributed by atoms with Crippen molar-refractivity contribution >= 4 is 52.0 Å². The fourth-order valence-corrected chi connectivity index (χ4v) is 5.51. The summed E-state index contributed by atoms with van der Waals surface area (Å²) < 4.78 is 32.3. The minimum absolute atomic E-state index is 0.128. The van der Waals surface area contributed by atoms with E-state index in [9.17, 15) is 18.8 Å². The number of halogens is 2. The van der Waals surface area contributed by atoms with Gasteiger partial charge in [-0.1, -0.05) is 30.0 Å². The number of rotatable bonds is 7. The molecule has 0 bridgehead atoms. The third-order valence-corrected chi connectivity index (χ3v) is 7.10. The highest BCUT2D eigenvalue weighted by Gasteiger charge is 2.30. The lowest BCUT2D eigenvalue weighted by Gasteiger charge is -2.12. The summed E-state index contributed by atoms with van der Waals surface area (Å²) in [7, 11) is 1.54. The summed E-state index contributed by atoms with van der Waals surface area (Å²) in [5.74, 6) is 0.821. The molecule has 0 unspecified atom stereocenters. The molecule has 3 rings (SSSR count). The van der Waals surface area contributed by atoms with E-state index < -0.39 is 6.43 Å². The van der Waals surface area contributed by atoms with Crippen molar-refractivity contribution in [2.24, 2.45) is 0 Å². The van der Waals surface area contributed by atoms with Gasteiger partial charge in [-0.2, -0.15) is 5.26 Å². The number of amides is 1. The molecule has 166 valence electrons. The number of carbonyl (C=O) groups excluding carboxylic acids is 1. The molecular weight excluding hydrogens is 472 g/mol. The number of hydrogen-bond acceptors (Lipinski definition) is 7. The molecule has 1 amide bonds. The topological polar surface area (TPSA) is 66.2 Å². The highest BCUT2D eigenvalue weighted by atomic mass is 32.2. The highest BCUT2D eigenvalue weighted by Crippen LogP contribution is 2.35. The number of methoxy groups -OCH3 is 1. The van der Waals surface area contributed by atoms with Crippen LogP contribution in [0.15, 0.2) is 34.2 Å². The van der Waals surface area contributed by atoms with Gasteiger partial charge in [0.2, 0.25) is 0 Å². The van der Waals surface area contributed by atoms with Gasteiger partial charge < -0.3 is 4.74 Å². The first-order valence-electron chi connectivity index (χ1n) is 9.53. The predicted molar refractivity (Wildman–Crippen MR) is 127 cm³/mol. The number of aromatic nitrogens is 1. The molecule has 0 N–H and O–H groups in total. The van der Waals surface area contributed by atoms with E-state index in [4.69, 9.17) is 17.0 Å². The van der Waals surface area contributed by atoms with Crippen molar-refractivity contribution in [3.8, 4) is 11.8 Å². The van der Waals surface area contributed by atoms with Gasteiger partial charge in [-0.05, 0) is 49.2 Å². The maximum Gasteiger partial charge on any atom is 0.280 e. The molecular formula is C22H19F2N3O2S3. The normalized spacial score (nSPS) is 15.0. The van der Waals surface area contributed by atoms with E-state index in [0.29, 0.717) is 32.8 Å². The number of carbonyl (C=O) groups is 1. The van der Waals surface area contributed by atoms with Crippen molar-refractivity contribution in [1.82, 2.24) is 9.88 Å². The number of alkyl halides is 2. The average molecular weight is 492 g/mol. The van der Waals surface area contributed by atoms with Crippen molar-refractivity contribution in [3.63, 3.8) is 0 Å². The summed E-state index contributed by atoms with van der Waals surface area (Å²) in [4.78, 5) is 18.5. The number of aryl methyl sites for hydroxylation is 1.